The van der Waals surface area contributed by atoms with Crippen LogP contribution in [0.15, 0.2) is 53.8 Å². The highest BCUT2D eigenvalue weighted by atomic mass is 32.1. The molecule has 1 aliphatic heterocycles. The van der Waals surface area contributed by atoms with Crippen LogP contribution in [0.25, 0.3) is 0 Å². The molecule has 34 heavy (non-hydrogen) atoms. The Kier molecular flexibility index (Phi) is 6.10. The number of aliphatic hydroxyl groups excluding tert-OH is 1. The molecule has 0 saturated heterocycles. The molecule has 0 aliphatic carbocycles. The molecule has 1 amide bonds. The molecular weight excluding hydrogens is 452 g/mol. The molecule has 3 aromatic rings. The maximum Gasteiger partial charge on any atom is 0.308 e. The van der Waals surface area contributed by atoms with E-state index in [0.29, 0.717) is 27.6 Å². The van der Waals surface area contributed by atoms with E-state index in [1.165, 1.54) is 23.2 Å². The Morgan fingerprint density at radius 1 is 1.03 bits per heavy atom. The zero-order valence-corrected chi connectivity index (χ0v) is 20.3. The molecule has 0 bridgehead atoms. The molecule has 7 nitrogen and oxygen atoms in total. The Morgan fingerprint density at radius 3 is 2.18 bits per heavy atom. The van der Waals surface area contributed by atoms with Crippen molar-refractivity contribution in [2.24, 2.45) is 0 Å². The number of anilines is 1. The molecule has 0 radical (unpaired) electrons. The van der Waals surface area contributed by atoms with Gasteiger partial charge < -0.3 is 9.84 Å². The molecule has 0 fully saturated rings. The second kappa shape index (κ2) is 8.87. The first-order chi connectivity index (χ1) is 16.1. The van der Waals surface area contributed by atoms with E-state index in [4.69, 9.17) is 4.74 Å². The number of carbonyl (C=O) groups excluding carboxylic acids is 3. The quantitative estimate of drug-likeness (QED) is 0.313. The Morgan fingerprint density at radius 2 is 1.65 bits per heavy atom. The highest BCUT2D eigenvalue weighted by Crippen LogP contribution is 2.43. The lowest BCUT2D eigenvalue weighted by Crippen LogP contribution is -2.31. The Balaban J connectivity index is 1.88. The number of hydrogen-bond acceptors (Lipinski definition) is 7. The number of Topliss-reactive ketones (excluding diaryl/α,β-unsaturated/α-hetero) is 1. The molecule has 2 aromatic carbocycles. The molecule has 0 spiro atoms. The predicted octanol–water partition coefficient (Wildman–Crippen LogP) is 5.08. The molecule has 0 saturated carbocycles. The van der Waals surface area contributed by atoms with Gasteiger partial charge in [-0.05, 0) is 68.7 Å². The van der Waals surface area contributed by atoms with Gasteiger partial charge >= 0.3 is 5.97 Å². The lowest BCUT2D eigenvalue weighted by atomic mass is 9.94. The summed E-state index contributed by atoms with van der Waals surface area (Å²) in [6.07, 6.45) is 0. The minimum atomic E-state index is -0.866. The highest BCUT2D eigenvalue weighted by Gasteiger charge is 2.45. The fraction of sp³-hybridized carbons (Fsp3) is 0.231. The van der Waals surface area contributed by atoms with Crippen molar-refractivity contribution in [1.82, 2.24) is 4.98 Å². The smallest absolute Gasteiger partial charge is 0.308 e. The van der Waals surface area contributed by atoms with Crippen molar-refractivity contribution in [3.05, 3.63) is 86.1 Å². The van der Waals surface area contributed by atoms with Crippen LogP contribution < -0.4 is 9.64 Å². The lowest BCUT2D eigenvalue weighted by molar-refractivity contribution is -0.131. The van der Waals surface area contributed by atoms with Gasteiger partial charge in [0, 0.05) is 12.6 Å². The molecule has 1 atom stereocenters. The number of rotatable bonds is 5. The van der Waals surface area contributed by atoms with Crippen LogP contribution in [0.1, 0.15) is 50.0 Å². The first-order valence-corrected chi connectivity index (χ1v) is 11.5. The summed E-state index contributed by atoms with van der Waals surface area (Å²) in [6.45, 7) is 8.68. The Bertz CT molecular complexity index is 1330. The molecule has 8 heteroatoms. The van der Waals surface area contributed by atoms with E-state index < -0.39 is 29.5 Å². The van der Waals surface area contributed by atoms with E-state index >= 15 is 0 Å². The largest absolute Gasteiger partial charge is 0.503 e. The number of ether oxygens (including phenoxy) is 1. The fourth-order valence-corrected chi connectivity index (χ4v) is 5.13. The summed E-state index contributed by atoms with van der Waals surface area (Å²) in [5.41, 5.74) is 3.60. The van der Waals surface area contributed by atoms with Crippen LogP contribution in [0.5, 0.6) is 5.75 Å². The number of amides is 1. The number of nitrogens with zero attached hydrogens (tertiary/aromatic N) is 2. The van der Waals surface area contributed by atoms with E-state index in [-0.39, 0.29) is 5.57 Å². The van der Waals surface area contributed by atoms with Crippen molar-refractivity contribution in [1.29, 1.82) is 0 Å². The molecule has 174 valence electrons. The third-order valence-electron chi connectivity index (χ3n) is 5.50. The summed E-state index contributed by atoms with van der Waals surface area (Å²) in [5.74, 6) is -1.78. The minimum Gasteiger partial charge on any atom is -0.503 e. The van der Waals surface area contributed by atoms with Crippen LogP contribution in [0.3, 0.4) is 0 Å². The second-order valence-electron chi connectivity index (χ2n) is 8.33. The molecule has 1 aliphatic rings. The molecule has 1 unspecified atom stereocenters. The first-order valence-electron chi connectivity index (χ1n) is 10.7. The second-order valence-corrected chi connectivity index (χ2v) is 9.53. The molecule has 1 N–H and O–H groups in total. The van der Waals surface area contributed by atoms with Crippen molar-refractivity contribution in [3.63, 3.8) is 0 Å². The van der Waals surface area contributed by atoms with Crippen LogP contribution in [-0.2, 0) is 9.59 Å². The van der Waals surface area contributed by atoms with Gasteiger partial charge in [-0.3, -0.25) is 19.3 Å². The van der Waals surface area contributed by atoms with Gasteiger partial charge in [-0.2, -0.15) is 0 Å². The molecular formula is C26H24N2O5S. The van der Waals surface area contributed by atoms with Crippen LogP contribution >= 0.6 is 11.3 Å². The fourth-order valence-electron chi connectivity index (χ4n) is 4.26. The lowest BCUT2D eigenvalue weighted by Gasteiger charge is -2.27. The Labute approximate surface area is 201 Å². The van der Waals surface area contributed by atoms with Gasteiger partial charge in [-0.1, -0.05) is 18.2 Å². The predicted molar refractivity (Wildman–Crippen MR) is 129 cm³/mol. The number of thiazole rings is 1. The SMILES string of the molecule is CC(=O)Oc1ccc(C2C(C(=O)c3sc(C)nc3C)=C(O)C(=O)N2c2cc(C)cc(C)c2)cc1. The number of hydrogen-bond donors (Lipinski definition) is 1. The van der Waals surface area contributed by atoms with Crippen LogP contribution in [0.2, 0.25) is 0 Å². The first kappa shape index (κ1) is 23.4. The third-order valence-corrected chi connectivity index (χ3v) is 6.58. The van der Waals surface area contributed by atoms with Gasteiger partial charge in [0.2, 0.25) is 5.78 Å². The average molecular weight is 477 g/mol. The summed E-state index contributed by atoms with van der Waals surface area (Å²) in [5, 5.41) is 11.7. The minimum absolute atomic E-state index is 0.00357. The monoisotopic (exact) mass is 476 g/mol. The van der Waals surface area contributed by atoms with E-state index in [1.54, 1.807) is 38.1 Å². The Hall–Kier alpha value is -3.78. The van der Waals surface area contributed by atoms with Crippen molar-refractivity contribution in [2.75, 3.05) is 4.90 Å². The summed E-state index contributed by atoms with van der Waals surface area (Å²) < 4.78 is 5.12. The molecule has 4 rings (SSSR count). The van der Waals surface area contributed by atoms with Gasteiger partial charge in [-0.25, -0.2) is 4.98 Å². The summed E-state index contributed by atoms with van der Waals surface area (Å²) >= 11 is 1.23. The average Bonchev–Trinajstić information content (AvgIpc) is 3.22. The van der Waals surface area contributed by atoms with Gasteiger partial charge in [-0.15, -0.1) is 11.3 Å². The normalized spacial score (nSPS) is 15.7. The van der Waals surface area contributed by atoms with E-state index in [0.717, 1.165) is 16.1 Å². The number of benzene rings is 2. The number of aromatic nitrogens is 1. The van der Waals surface area contributed by atoms with Crippen molar-refractivity contribution >= 4 is 34.7 Å². The van der Waals surface area contributed by atoms with Crippen molar-refractivity contribution < 1.29 is 24.2 Å². The van der Waals surface area contributed by atoms with Gasteiger partial charge in [0.05, 0.1) is 27.2 Å². The summed E-state index contributed by atoms with van der Waals surface area (Å²) in [7, 11) is 0. The van der Waals surface area contributed by atoms with Crippen molar-refractivity contribution in [3.8, 4) is 5.75 Å². The van der Waals surface area contributed by atoms with Crippen LogP contribution in [-0.4, -0.2) is 27.8 Å². The number of esters is 1. The van der Waals surface area contributed by atoms with Gasteiger partial charge in [0.15, 0.2) is 5.76 Å². The standard InChI is InChI=1S/C26H24N2O5S/c1-13-10-14(2)12-19(11-13)28-22(18-6-8-20(9-7-18)33-17(5)29)21(24(31)26(28)32)23(30)25-15(3)27-16(4)34-25/h6-12,22,31H,1-5H3. The molecule has 2 heterocycles. The third kappa shape index (κ3) is 4.24. The van der Waals surface area contributed by atoms with E-state index in [9.17, 15) is 19.5 Å². The van der Waals surface area contributed by atoms with E-state index in [2.05, 4.69) is 4.98 Å². The molecule has 1 aromatic heterocycles. The topological polar surface area (TPSA) is 96.8 Å². The zero-order valence-electron chi connectivity index (χ0n) is 19.5. The van der Waals surface area contributed by atoms with Gasteiger partial charge in [0.25, 0.3) is 5.91 Å². The van der Waals surface area contributed by atoms with Crippen LogP contribution in [0.4, 0.5) is 5.69 Å². The summed E-state index contributed by atoms with van der Waals surface area (Å²) in [6, 6.07) is 11.4. The van der Waals surface area contributed by atoms with Gasteiger partial charge in [0.1, 0.15) is 5.75 Å². The van der Waals surface area contributed by atoms with Crippen molar-refractivity contribution in [2.45, 2.75) is 40.7 Å². The number of aliphatic hydroxyl groups is 1. The zero-order chi connectivity index (χ0) is 24.7. The number of carbonyl (C=O) groups is 3. The maximum absolute atomic E-state index is 13.6. The highest BCUT2D eigenvalue weighted by molar-refractivity contribution is 7.14. The van der Waals surface area contributed by atoms with Crippen LogP contribution in [0, 0.1) is 27.7 Å². The maximum atomic E-state index is 13.6. The number of ketones is 1. The summed E-state index contributed by atoms with van der Waals surface area (Å²) in [4.78, 5) is 44.5. The number of aryl methyl sites for hydroxylation is 4. The van der Waals surface area contributed by atoms with E-state index in [1.807, 2.05) is 32.0 Å².